The van der Waals surface area contributed by atoms with Crippen LogP contribution in [0.15, 0.2) is 79.1 Å². The van der Waals surface area contributed by atoms with Crippen LogP contribution in [0, 0.1) is 6.92 Å². The molecule has 0 spiro atoms. The molecule has 3 aromatic heterocycles. The van der Waals surface area contributed by atoms with Crippen LogP contribution in [0.2, 0.25) is 0 Å². The number of hydrogen-bond acceptors (Lipinski definition) is 4. The second-order valence-corrected chi connectivity index (χ2v) is 6.76. The Balaban J connectivity index is 1.62. The SMILES string of the molecule is Cc1cccn2c(NC(=O)c3cnc4ccccc4n3)c(-c3ccccc3)nc12. The van der Waals surface area contributed by atoms with E-state index in [9.17, 15) is 4.79 Å². The molecule has 1 N–H and O–H groups in total. The summed E-state index contributed by atoms with van der Waals surface area (Å²) in [4.78, 5) is 26.6. The van der Waals surface area contributed by atoms with E-state index in [0.717, 1.165) is 22.3 Å². The first-order valence-electron chi connectivity index (χ1n) is 9.27. The maximum absolute atomic E-state index is 13.0. The number of carbonyl (C=O) groups excluding carboxylic acids is 1. The van der Waals surface area contributed by atoms with Crippen molar-refractivity contribution in [3.8, 4) is 11.3 Å². The molecule has 140 valence electrons. The number of anilines is 1. The number of aromatic nitrogens is 4. The maximum atomic E-state index is 13.0. The highest BCUT2D eigenvalue weighted by Crippen LogP contribution is 2.30. The van der Waals surface area contributed by atoms with Gasteiger partial charge in [-0.3, -0.25) is 14.2 Å². The zero-order chi connectivity index (χ0) is 19.8. The first-order valence-corrected chi connectivity index (χ1v) is 9.27. The molecule has 1 amide bonds. The van der Waals surface area contributed by atoms with Gasteiger partial charge in [0.25, 0.3) is 5.91 Å². The van der Waals surface area contributed by atoms with Crippen LogP contribution in [0.5, 0.6) is 0 Å². The lowest BCUT2D eigenvalue weighted by atomic mass is 10.1. The number of pyridine rings is 1. The van der Waals surface area contributed by atoms with Gasteiger partial charge < -0.3 is 5.32 Å². The number of imidazole rings is 1. The summed E-state index contributed by atoms with van der Waals surface area (Å²) in [5.74, 6) is 0.276. The quantitative estimate of drug-likeness (QED) is 0.501. The normalized spacial score (nSPS) is 11.1. The second-order valence-electron chi connectivity index (χ2n) is 6.76. The van der Waals surface area contributed by atoms with Gasteiger partial charge in [-0.1, -0.05) is 48.5 Å². The number of carbonyl (C=O) groups is 1. The van der Waals surface area contributed by atoms with Gasteiger partial charge in [0, 0.05) is 11.8 Å². The number of benzene rings is 2. The van der Waals surface area contributed by atoms with Crippen molar-refractivity contribution in [2.24, 2.45) is 0 Å². The van der Waals surface area contributed by atoms with Gasteiger partial charge >= 0.3 is 0 Å². The highest BCUT2D eigenvalue weighted by atomic mass is 16.2. The van der Waals surface area contributed by atoms with Crippen LogP contribution in [0.25, 0.3) is 27.9 Å². The van der Waals surface area contributed by atoms with E-state index in [1.165, 1.54) is 6.20 Å². The number of para-hydroxylation sites is 2. The molecule has 0 fully saturated rings. The standard InChI is InChI=1S/C23H17N5O/c1-15-8-7-13-28-21(15)26-20(16-9-3-2-4-10-16)22(28)27-23(29)19-14-24-17-11-5-6-12-18(17)25-19/h2-14H,1H3,(H,27,29). The van der Waals surface area contributed by atoms with Gasteiger partial charge in [-0.15, -0.1) is 0 Å². The molecule has 5 rings (SSSR count). The summed E-state index contributed by atoms with van der Waals surface area (Å²) in [5.41, 5.74) is 5.14. The highest BCUT2D eigenvalue weighted by molar-refractivity contribution is 6.05. The second kappa shape index (κ2) is 6.83. The summed E-state index contributed by atoms with van der Waals surface area (Å²) in [7, 11) is 0. The number of nitrogens with zero attached hydrogens (tertiary/aromatic N) is 4. The number of aryl methyl sites for hydroxylation is 1. The lowest BCUT2D eigenvalue weighted by Gasteiger charge is -2.08. The van der Waals surface area contributed by atoms with Crippen molar-refractivity contribution in [1.29, 1.82) is 0 Å². The summed E-state index contributed by atoms with van der Waals surface area (Å²) < 4.78 is 1.89. The number of rotatable bonds is 3. The highest BCUT2D eigenvalue weighted by Gasteiger charge is 2.19. The fourth-order valence-electron chi connectivity index (χ4n) is 3.36. The van der Waals surface area contributed by atoms with Crippen LogP contribution >= 0.6 is 0 Å². The number of amides is 1. The molecule has 0 aliphatic carbocycles. The van der Waals surface area contributed by atoms with Crippen LogP contribution in [0.3, 0.4) is 0 Å². The first kappa shape index (κ1) is 17.1. The molecule has 0 radical (unpaired) electrons. The number of hydrogen-bond donors (Lipinski definition) is 1. The molecular weight excluding hydrogens is 362 g/mol. The minimum Gasteiger partial charge on any atom is -0.304 e. The third-order valence-electron chi connectivity index (χ3n) is 4.81. The Morgan fingerprint density at radius 2 is 1.66 bits per heavy atom. The Morgan fingerprint density at radius 3 is 2.48 bits per heavy atom. The van der Waals surface area contributed by atoms with E-state index >= 15 is 0 Å². The predicted octanol–water partition coefficient (Wildman–Crippen LogP) is 4.51. The molecule has 6 nitrogen and oxygen atoms in total. The van der Waals surface area contributed by atoms with Crippen molar-refractivity contribution in [2.75, 3.05) is 5.32 Å². The van der Waals surface area contributed by atoms with Gasteiger partial charge in [0.1, 0.15) is 22.9 Å². The smallest absolute Gasteiger partial charge is 0.277 e. The summed E-state index contributed by atoms with van der Waals surface area (Å²) in [5, 5.41) is 3.00. The zero-order valence-corrected chi connectivity index (χ0v) is 15.7. The third-order valence-corrected chi connectivity index (χ3v) is 4.81. The molecule has 0 saturated carbocycles. The maximum Gasteiger partial charge on any atom is 0.277 e. The van der Waals surface area contributed by atoms with E-state index in [-0.39, 0.29) is 11.6 Å². The molecule has 0 saturated heterocycles. The third kappa shape index (κ3) is 3.00. The van der Waals surface area contributed by atoms with Crippen molar-refractivity contribution >= 4 is 28.4 Å². The monoisotopic (exact) mass is 379 g/mol. The van der Waals surface area contributed by atoms with Gasteiger partial charge in [-0.05, 0) is 30.7 Å². The molecule has 29 heavy (non-hydrogen) atoms. The Kier molecular flexibility index (Phi) is 4.02. The van der Waals surface area contributed by atoms with Crippen LogP contribution in [0.4, 0.5) is 5.82 Å². The Labute approximate surface area is 166 Å². The van der Waals surface area contributed by atoms with Crippen LogP contribution in [-0.2, 0) is 0 Å². The van der Waals surface area contributed by atoms with Gasteiger partial charge in [-0.2, -0.15) is 0 Å². The van der Waals surface area contributed by atoms with Crippen molar-refractivity contribution in [1.82, 2.24) is 19.4 Å². The van der Waals surface area contributed by atoms with Crippen molar-refractivity contribution in [2.45, 2.75) is 6.92 Å². The molecular formula is C23H17N5O. The average molecular weight is 379 g/mol. The summed E-state index contributed by atoms with van der Waals surface area (Å²) in [6, 6.07) is 21.2. The van der Waals surface area contributed by atoms with Crippen molar-refractivity contribution in [3.05, 3.63) is 90.4 Å². The molecule has 3 heterocycles. The molecule has 0 atom stereocenters. The lowest BCUT2D eigenvalue weighted by Crippen LogP contribution is -2.16. The van der Waals surface area contributed by atoms with Gasteiger partial charge in [0.15, 0.2) is 0 Å². The van der Waals surface area contributed by atoms with E-state index in [0.29, 0.717) is 17.0 Å². The number of fused-ring (bicyclic) bond motifs is 2. The van der Waals surface area contributed by atoms with Crippen LogP contribution in [-0.4, -0.2) is 25.3 Å². The van der Waals surface area contributed by atoms with E-state index in [1.54, 1.807) is 0 Å². The van der Waals surface area contributed by atoms with E-state index in [2.05, 4.69) is 15.3 Å². The predicted molar refractivity (Wildman–Crippen MR) is 113 cm³/mol. The number of nitrogens with one attached hydrogen (secondary N) is 1. The van der Waals surface area contributed by atoms with E-state index in [4.69, 9.17) is 4.98 Å². The Hall–Kier alpha value is -4.06. The van der Waals surface area contributed by atoms with Crippen LogP contribution in [0.1, 0.15) is 16.1 Å². The minimum atomic E-state index is -0.330. The fourth-order valence-corrected chi connectivity index (χ4v) is 3.36. The Morgan fingerprint density at radius 1 is 0.897 bits per heavy atom. The molecule has 5 aromatic rings. The molecule has 0 unspecified atom stereocenters. The molecule has 0 aliphatic rings. The fraction of sp³-hybridized carbons (Fsp3) is 0.0435. The molecule has 0 aliphatic heterocycles. The largest absolute Gasteiger partial charge is 0.304 e. The van der Waals surface area contributed by atoms with Crippen molar-refractivity contribution < 1.29 is 4.79 Å². The van der Waals surface area contributed by atoms with Gasteiger partial charge in [-0.25, -0.2) is 9.97 Å². The zero-order valence-electron chi connectivity index (χ0n) is 15.7. The molecule has 6 heteroatoms. The van der Waals surface area contributed by atoms with Crippen molar-refractivity contribution in [3.63, 3.8) is 0 Å². The topological polar surface area (TPSA) is 72.2 Å². The van der Waals surface area contributed by atoms with E-state index < -0.39 is 0 Å². The lowest BCUT2D eigenvalue weighted by molar-refractivity contribution is 0.102. The van der Waals surface area contributed by atoms with Gasteiger partial charge in [0.2, 0.25) is 0 Å². The summed E-state index contributed by atoms with van der Waals surface area (Å²) in [6.45, 7) is 2.00. The van der Waals surface area contributed by atoms with Crippen LogP contribution < -0.4 is 5.32 Å². The van der Waals surface area contributed by atoms with Gasteiger partial charge in [0.05, 0.1) is 17.2 Å². The molecule has 2 aromatic carbocycles. The van der Waals surface area contributed by atoms with E-state index in [1.807, 2.05) is 84.3 Å². The average Bonchev–Trinajstić information content (AvgIpc) is 3.14. The summed E-state index contributed by atoms with van der Waals surface area (Å²) in [6.07, 6.45) is 3.39. The summed E-state index contributed by atoms with van der Waals surface area (Å²) >= 11 is 0. The minimum absolute atomic E-state index is 0.255. The first-order chi connectivity index (χ1) is 14.2. The Bertz CT molecular complexity index is 1360. The molecule has 0 bridgehead atoms.